The van der Waals surface area contributed by atoms with Crippen molar-refractivity contribution in [2.75, 3.05) is 18.5 Å². The number of fused-ring (bicyclic) bond motifs is 2. The van der Waals surface area contributed by atoms with Crippen molar-refractivity contribution >= 4 is 17.2 Å². The van der Waals surface area contributed by atoms with Gasteiger partial charge < -0.3 is 25.5 Å². The molecule has 0 aliphatic carbocycles. The second kappa shape index (κ2) is 7.09. The molecular formula is C21H19FN6O2. The molecule has 5 heterocycles. The third-order valence-electron chi connectivity index (χ3n) is 5.61. The molecule has 30 heavy (non-hydrogen) atoms. The second-order valence-corrected chi connectivity index (χ2v) is 7.53. The average Bonchev–Trinajstić information content (AvgIpc) is 3.35. The van der Waals surface area contributed by atoms with Crippen LogP contribution in [0.2, 0.25) is 0 Å². The SMILES string of the molecule is N#Cc1ccn2cc(-c3nc(N[C@@H]4CCOC[C@@H]4N)c(F)c4c3C(=O)NC4)cc2c1. The highest BCUT2D eigenvalue weighted by atomic mass is 19.1. The first-order valence-electron chi connectivity index (χ1n) is 9.68. The molecule has 0 aromatic carbocycles. The lowest BCUT2D eigenvalue weighted by atomic mass is 10.0. The van der Waals surface area contributed by atoms with Crippen LogP contribution in [0.4, 0.5) is 10.2 Å². The number of nitrogens with one attached hydrogen (secondary N) is 2. The Bertz CT molecular complexity index is 1210. The maximum absolute atomic E-state index is 15.2. The molecule has 2 aliphatic rings. The molecular weight excluding hydrogens is 387 g/mol. The number of ether oxygens (including phenoxy) is 1. The summed E-state index contributed by atoms with van der Waals surface area (Å²) in [6.07, 6.45) is 4.22. The summed E-state index contributed by atoms with van der Waals surface area (Å²) in [6, 6.07) is 6.92. The minimum Gasteiger partial charge on any atom is -0.380 e. The molecule has 9 heteroatoms. The van der Waals surface area contributed by atoms with E-state index in [9.17, 15) is 4.79 Å². The molecule has 0 unspecified atom stereocenters. The van der Waals surface area contributed by atoms with E-state index in [1.54, 1.807) is 18.3 Å². The number of nitriles is 1. The minimum absolute atomic E-state index is 0.0792. The molecule has 3 aromatic rings. The van der Waals surface area contributed by atoms with E-state index < -0.39 is 5.82 Å². The Labute approximate surface area is 171 Å². The largest absolute Gasteiger partial charge is 0.380 e. The van der Waals surface area contributed by atoms with Crippen LogP contribution in [0.15, 0.2) is 30.6 Å². The number of carbonyl (C=O) groups excluding carboxylic acids is 1. The van der Waals surface area contributed by atoms with E-state index in [1.807, 2.05) is 16.7 Å². The van der Waals surface area contributed by atoms with E-state index in [1.165, 1.54) is 0 Å². The fraction of sp³-hybridized carbons (Fsp3) is 0.286. The van der Waals surface area contributed by atoms with Gasteiger partial charge in [-0.25, -0.2) is 9.37 Å². The predicted octanol–water partition coefficient (Wildman–Crippen LogP) is 1.78. The maximum Gasteiger partial charge on any atom is 0.254 e. The van der Waals surface area contributed by atoms with Gasteiger partial charge in [0.15, 0.2) is 11.6 Å². The summed E-state index contributed by atoms with van der Waals surface area (Å²) < 4.78 is 22.4. The van der Waals surface area contributed by atoms with Gasteiger partial charge in [0.1, 0.15) is 0 Å². The third-order valence-corrected chi connectivity index (χ3v) is 5.61. The van der Waals surface area contributed by atoms with Gasteiger partial charge in [0.25, 0.3) is 5.91 Å². The first-order valence-corrected chi connectivity index (χ1v) is 9.68. The van der Waals surface area contributed by atoms with Crippen LogP contribution in [0.25, 0.3) is 16.8 Å². The van der Waals surface area contributed by atoms with E-state index in [2.05, 4.69) is 21.7 Å². The molecule has 0 radical (unpaired) electrons. The van der Waals surface area contributed by atoms with Crippen LogP contribution in [0.1, 0.15) is 27.9 Å². The van der Waals surface area contributed by atoms with Crippen molar-refractivity contribution < 1.29 is 13.9 Å². The summed E-state index contributed by atoms with van der Waals surface area (Å²) in [5.74, 6) is -0.814. The molecule has 4 N–H and O–H groups in total. The number of rotatable bonds is 3. The van der Waals surface area contributed by atoms with Gasteiger partial charge in [-0.15, -0.1) is 0 Å². The van der Waals surface area contributed by atoms with Crippen molar-refractivity contribution in [2.24, 2.45) is 5.73 Å². The monoisotopic (exact) mass is 406 g/mol. The molecule has 2 aliphatic heterocycles. The van der Waals surface area contributed by atoms with Crippen molar-refractivity contribution in [1.82, 2.24) is 14.7 Å². The summed E-state index contributed by atoms with van der Waals surface area (Å²) in [5.41, 5.74) is 9.01. The smallest absolute Gasteiger partial charge is 0.254 e. The molecule has 2 atom stereocenters. The number of halogens is 1. The highest BCUT2D eigenvalue weighted by Gasteiger charge is 2.32. The Morgan fingerprint density at radius 2 is 2.30 bits per heavy atom. The van der Waals surface area contributed by atoms with E-state index in [-0.39, 0.29) is 35.9 Å². The first kappa shape index (κ1) is 18.5. The van der Waals surface area contributed by atoms with Gasteiger partial charge in [0, 0.05) is 54.3 Å². The molecule has 1 amide bonds. The van der Waals surface area contributed by atoms with Crippen molar-refractivity contribution in [1.29, 1.82) is 5.26 Å². The van der Waals surface area contributed by atoms with Crippen LogP contribution >= 0.6 is 0 Å². The topological polar surface area (TPSA) is 117 Å². The van der Waals surface area contributed by atoms with Crippen LogP contribution in [0, 0.1) is 17.1 Å². The van der Waals surface area contributed by atoms with Crippen LogP contribution in [-0.4, -0.2) is 40.6 Å². The Balaban J connectivity index is 1.63. The van der Waals surface area contributed by atoms with Crippen LogP contribution in [0.5, 0.6) is 0 Å². The number of anilines is 1. The van der Waals surface area contributed by atoms with Gasteiger partial charge in [-0.1, -0.05) is 0 Å². The second-order valence-electron chi connectivity index (χ2n) is 7.53. The summed E-state index contributed by atoms with van der Waals surface area (Å²) in [5, 5.41) is 14.9. The average molecular weight is 406 g/mol. The molecule has 0 saturated carbocycles. The first-order chi connectivity index (χ1) is 14.5. The zero-order chi connectivity index (χ0) is 20.8. The fourth-order valence-corrected chi connectivity index (χ4v) is 4.01. The van der Waals surface area contributed by atoms with Crippen LogP contribution in [-0.2, 0) is 11.3 Å². The Morgan fingerprint density at radius 1 is 1.43 bits per heavy atom. The Kier molecular flexibility index (Phi) is 4.38. The predicted molar refractivity (Wildman–Crippen MR) is 107 cm³/mol. The number of carbonyl (C=O) groups is 1. The number of aromatic nitrogens is 2. The minimum atomic E-state index is -0.540. The van der Waals surface area contributed by atoms with E-state index in [0.29, 0.717) is 42.0 Å². The van der Waals surface area contributed by atoms with Gasteiger partial charge >= 0.3 is 0 Å². The normalized spacial score (nSPS) is 20.6. The van der Waals surface area contributed by atoms with Crippen molar-refractivity contribution in [3.63, 3.8) is 0 Å². The van der Waals surface area contributed by atoms with Gasteiger partial charge in [0.2, 0.25) is 0 Å². The van der Waals surface area contributed by atoms with E-state index >= 15 is 4.39 Å². The van der Waals surface area contributed by atoms with E-state index in [4.69, 9.17) is 15.7 Å². The quantitative estimate of drug-likeness (QED) is 0.610. The molecule has 0 bridgehead atoms. The van der Waals surface area contributed by atoms with Crippen LogP contribution in [0.3, 0.4) is 0 Å². The number of pyridine rings is 2. The standard InChI is InChI=1S/C21H19FN6O2/c22-18-14-8-25-21(29)17(14)19(27-20(18)26-16-2-4-30-10-15(16)24)12-6-13-5-11(7-23)1-3-28(13)9-12/h1,3,5-6,9,15-16H,2,4,8,10,24H2,(H,25,29)(H,26,27)/t15-,16+/m0/s1. The van der Waals surface area contributed by atoms with E-state index in [0.717, 1.165) is 5.52 Å². The molecule has 1 saturated heterocycles. The van der Waals surface area contributed by atoms with Crippen molar-refractivity contribution in [3.8, 4) is 17.3 Å². The zero-order valence-electron chi connectivity index (χ0n) is 16.0. The lowest BCUT2D eigenvalue weighted by Crippen LogP contribution is -2.48. The Hall–Kier alpha value is -3.48. The highest BCUT2D eigenvalue weighted by molar-refractivity contribution is 6.04. The molecule has 0 spiro atoms. The maximum atomic E-state index is 15.2. The summed E-state index contributed by atoms with van der Waals surface area (Å²) in [4.78, 5) is 17.0. The van der Waals surface area contributed by atoms with Crippen LogP contribution < -0.4 is 16.4 Å². The molecule has 152 valence electrons. The number of hydrogen-bond acceptors (Lipinski definition) is 6. The number of hydrogen-bond donors (Lipinski definition) is 3. The summed E-state index contributed by atoms with van der Waals surface area (Å²) in [6.45, 7) is 1.04. The number of nitrogens with zero attached hydrogens (tertiary/aromatic N) is 3. The fourth-order valence-electron chi connectivity index (χ4n) is 4.01. The van der Waals surface area contributed by atoms with Gasteiger partial charge in [-0.3, -0.25) is 4.79 Å². The van der Waals surface area contributed by atoms with Crippen molar-refractivity contribution in [3.05, 3.63) is 53.1 Å². The molecule has 3 aromatic heterocycles. The van der Waals surface area contributed by atoms with Crippen molar-refractivity contribution in [2.45, 2.75) is 25.0 Å². The lowest BCUT2D eigenvalue weighted by Gasteiger charge is -2.30. The highest BCUT2D eigenvalue weighted by Crippen LogP contribution is 2.34. The Morgan fingerprint density at radius 3 is 3.10 bits per heavy atom. The number of amides is 1. The summed E-state index contributed by atoms with van der Waals surface area (Å²) >= 11 is 0. The van der Waals surface area contributed by atoms with Gasteiger partial charge in [-0.2, -0.15) is 5.26 Å². The lowest BCUT2D eigenvalue weighted by molar-refractivity contribution is 0.0751. The molecule has 8 nitrogen and oxygen atoms in total. The molecule has 5 rings (SSSR count). The third kappa shape index (κ3) is 2.98. The summed E-state index contributed by atoms with van der Waals surface area (Å²) in [7, 11) is 0. The number of nitrogens with two attached hydrogens (primary N) is 1. The van der Waals surface area contributed by atoms with Gasteiger partial charge in [0.05, 0.1) is 29.5 Å². The van der Waals surface area contributed by atoms with Gasteiger partial charge in [-0.05, 0) is 24.6 Å². The molecule has 1 fully saturated rings. The zero-order valence-corrected chi connectivity index (χ0v) is 16.0.